The first-order valence-corrected chi connectivity index (χ1v) is 6.48. The van der Waals surface area contributed by atoms with E-state index in [9.17, 15) is 9.59 Å². The minimum Gasteiger partial charge on any atom is -0.458 e. The molecule has 2 aliphatic carbocycles. The number of carbonyl (C=O) groups excluding carboxylic acids is 2. The van der Waals surface area contributed by atoms with Crippen molar-refractivity contribution in [3.63, 3.8) is 0 Å². The van der Waals surface area contributed by atoms with Crippen molar-refractivity contribution in [3.8, 4) is 0 Å². The van der Waals surface area contributed by atoms with Gasteiger partial charge >= 0.3 is 11.9 Å². The second-order valence-electron chi connectivity index (χ2n) is 5.71. The van der Waals surface area contributed by atoms with Gasteiger partial charge < -0.3 is 9.47 Å². The normalized spacial score (nSPS) is 46.1. The third-order valence-electron chi connectivity index (χ3n) is 4.66. The molecule has 1 aliphatic heterocycles. The van der Waals surface area contributed by atoms with Gasteiger partial charge in [-0.05, 0) is 26.2 Å². The van der Waals surface area contributed by atoms with E-state index < -0.39 is 5.60 Å². The van der Waals surface area contributed by atoms with Crippen LogP contribution < -0.4 is 0 Å². The summed E-state index contributed by atoms with van der Waals surface area (Å²) in [6, 6.07) is 0. The Morgan fingerprint density at radius 2 is 2.29 bits per heavy atom. The van der Waals surface area contributed by atoms with Crippen LogP contribution in [0, 0.1) is 17.8 Å². The van der Waals surface area contributed by atoms with Gasteiger partial charge in [0.2, 0.25) is 0 Å². The minimum absolute atomic E-state index is 0.0612. The highest BCUT2D eigenvalue weighted by molar-refractivity contribution is 5.78. The molecule has 0 aromatic rings. The fourth-order valence-corrected chi connectivity index (χ4v) is 3.94. The van der Waals surface area contributed by atoms with Crippen LogP contribution in [0.1, 0.15) is 39.5 Å². The Kier molecular flexibility index (Phi) is 2.25. The smallest absolute Gasteiger partial charge is 0.310 e. The number of rotatable bonds is 3. The predicted molar refractivity (Wildman–Crippen MR) is 59.0 cm³/mol. The number of hydrogen-bond donors (Lipinski definition) is 0. The molecule has 5 unspecified atom stereocenters. The molecule has 3 rings (SSSR count). The maximum atomic E-state index is 11.7. The molecule has 3 aliphatic rings. The van der Waals surface area contributed by atoms with Crippen molar-refractivity contribution >= 4 is 11.9 Å². The summed E-state index contributed by atoms with van der Waals surface area (Å²) in [6.07, 6.45) is 2.83. The molecule has 0 N–H and O–H groups in total. The first kappa shape index (κ1) is 11.1. The molecule has 3 fully saturated rings. The number of fused-ring (bicyclic) bond motifs is 1. The zero-order valence-electron chi connectivity index (χ0n) is 10.3. The zero-order valence-corrected chi connectivity index (χ0v) is 10.3. The summed E-state index contributed by atoms with van der Waals surface area (Å²) in [7, 11) is 0. The standard InChI is InChI=1S/C13H18O4/c1-3-4-10(14)16-11-7-5-8-9(6-7)13(11,2)17-12(8)15/h7-9,11H,3-6H2,1-2H3. The van der Waals surface area contributed by atoms with Gasteiger partial charge in [-0.15, -0.1) is 0 Å². The van der Waals surface area contributed by atoms with Crippen molar-refractivity contribution in [1.29, 1.82) is 0 Å². The second-order valence-corrected chi connectivity index (χ2v) is 5.71. The van der Waals surface area contributed by atoms with Crippen molar-refractivity contribution < 1.29 is 19.1 Å². The van der Waals surface area contributed by atoms with Crippen LogP contribution in [0.25, 0.3) is 0 Å². The van der Waals surface area contributed by atoms with E-state index in [1.807, 2.05) is 13.8 Å². The lowest BCUT2D eigenvalue weighted by Crippen LogP contribution is -2.46. The largest absolute Gasteiger partial charge is 0.458 e. The van der Waals surface area contributed by atoms with E-state index in [0.717, 1.165) is 19.3 Å². The predicted octanol–water partition coefficient (Wildman–Crippen LogP) is 1.67. The van der Waals surface area contributed by atoms with Gasteiger partial charge in [-0.2, -0.15) is 0 Å². The van der Waals surface area contributed by atoms with Gasteiger partial charge in [-0.25, -0.2) is 0 Å². The average molecular weight is 238 g/mol. The van der Waals surface area contributed by atoms with Crippen LogP contribution in [-0.2, 0) is 19.1 Å². The van der Waals surface area contributed by atoms with Gasteiger partial charge in [0.1, 0.15) is 11.7 Å². The third-order valence-corrected chi connectivity index (χ3v) is 4.66. The van der Waals surface area contributed by atoms with Crippen molar-refractivity contribution in [2.75, 3.05) is 0 Å². The number of ether oxygens (including phenoxy) is 2. The molecule has 2 saturated carbocycles. The number of hydrogen-bond acceptors (Lipinski definition) is 4. The molecule has 0 aromatic heterocycles. The topological polar surface area (TPSA) is 52.6 Å². The monoisotopic (exact) mass is 238 g/mol. The van der Waals surface area contributed by atoms with Gasteiger partial charge in [0, 0.05) is 18.3 Å². The maximum Gasteiger partial charge on any atom is 0.310 e. The maximum absolute atomic E-state index is 11.7. The Bertz CT molecular complexity index is 378. The summed E-state index contributed by atoms with van der Waals surface area (Å²) in [5.74, 6) is 0.396. The van der Waals surface area contributed by atoms with Crippen LogP contribution in [0.2, 0.25) is 0 Å². The fraction of sp³-hybridized carbons (Fsp3) is 0.846. The Balaban J connectivity index is 1.79. The fourth-order valence-electron chi connectivity index (χ4n) is 3.94. The molecular weight excluding hydrogens is 220 g/mol. The van der Waals surface area contributed by atoms with E-state index in [2.05, 4.69) is 0 Å². The summed E-state index contributed by atoms with van der Waals surface area (Å²) in [5, 5.41) is 0. The van der Waals surface area contributed by atoms with E-state index in [-0.39, 0.29) is 29.9 Å². The molecule has 1 heterocycles. The molecule has 4 heteroatoms. The van der Waals surface area contributed by atoms with Crippen LogP contribution in [0.15, 0.2) is 0 Å². The van der Waals surface area contributed by atoms with E-state index in [1.165, 1.54) is 0 Å². The lowest BCUT2D eigenvalue weighted by atomic mass is 9.79. The summed E-state index contributed by atoms with van der Waals surface area (Å²) >= 11 is 0. The van der Waals surface area contributed by atoms with E-state index in [0.29, 0.717) is 12.3 Å². The van der Waals surface area contributed by atoms with Crippen molar-refractivity contribution in [2.45, 2.75) is 51.2 Å². The van der Waals surface area contributed by atoms with Crippen molar-refractivity contribution in [3.05, 3.63) is 0 Å². The van der Waals surface area contributed by atoms with Gasteiger partial charge in [0.05, 0.1) is 5.92 Å². The Labute approximate surface area is 101 Å². The molecule has 2 bridgehead atoms. The molecule has 1 saturated heterocycles. The lowest BCUT2D eigenvalue weighted by molar-refractivity contribution is -0.174. The molecule has 0 amide bonds. The van der Waals surface area contributed by atoms with Crippen LogP contribution in [0.3, 0.4) is 0 Å². The Morgan fingerprint density at radius 3 is 3.00 bits per heavy atom. The molecule has 17 heavy (non-hydrogen) atoms. The summed E-state index contributed by atoms with van der Waals surface area (Å²) < 4.78 is 11.1. The third kappa shape index (κ3) is 1.36. The summed E-state index contributed by atoms with van der Waals surface area (Å²) in [4.78, 5) is 23.3. The lowest BCUT2D eigenvalue weighted by Gasteiger charge is -2.34. The van der Waals surface area contributed by atoms with Gasteiger partial charge in [0.25, 0.3) is 0 Å². The highest BCUT2D eigenvalue weighted by Crippen LogP contribution is 2.61. The molecule has 5 atom stereocenters. The molecule has 0 radical (unpaired) electrons. The van der Waals surface area contributed by atoms with Crippen molar-refractivity contribution in [2.24, 2.45) is 17.8 Å². The molecule has 0 spiro atoms. The SMILES string of the molecule is CCCC(=O)OC1C2CC3C(=O)OC1(C)C3C2. The van der Waals surface area contributed by atoms with Crippen LogP contribution in [0.4, 0.5) is 0 Å². The van der Waals surface area contributed by atoms with Crippen LogP contribution in [-0.4, -0.2) is 23.6 Å². The molecule has 0 aromatic carbocycles. The van der Waals surface area contributed by atoms with E-state index in [1.54, 1.807) is 0 Å². The first-order valence-electron chi connectivity index (χ1n) is 6.48. The van der Waals surface area contributed by atoms with Gasteiger partial charge in [-0.3, -0.25) is 9.59 Å². The molecular formula is C13H18O4. The first-order chi connectivity index (χ1) is 8.06. The molecule has 4 nitrogen and oxygen atoms in total. The Hall–Kier alpha value is -1.06. The summed E-state index contributed by atoms with van der Waals surface area (Å²) in [5.41, 5.74) is -0.548. The number of esters is 2. The van der Waals surface area contributed by atoms with Crippen LogP contribution >= 0.6 is 0 Å². The highest BCUT2D eigenvalue weighted by atomic mass is 16.6. The van der Waals surface area contributed by atoms with Crippen molar-refractivity contribution in [1.82, 2.24) is 0 Å². The van der Waals surface area contributed by atoms with Crippen LogP contribution in [0.5, 0.6) is 0 Å². The average Bonchev–Trinajstić information content (AvgIpc) is 2.82. The second kappa shape index (κ2) is 3.47. The number of carbonyl (C=O) groups is 2. The summed E-state index contributed by atoms with van der Waals surface area (Å²) in [6.45, 7) is 3.88. The molecule has 94 valence electrons. The Morgan fingerprint density at radius 1 is 1.53 bits per heavy atom. The quantitative estimate of drug-likeness (QED) is 0.702. The van der Waals surface area contributed by atoms with Gasteiger partial charge in [0.15, 0.2) is 0 Å². The van der Waals surface area contributed by atoms with E-state index in [4.69, 9.17) is 9.47 Å². The highest BCUT2D eigenvalue weighted by Gasteiger charge is 2.70. The van der Waals surface area contributed by atoms with E-state index >= 15 is 0 Å². The minimum atomic E-state index is -0.548. The van der Waals surface area contributed by atoms with Gasteiger partial charge in [-0.1, -0.05) is 6.92 Å². The zero-order chi connectivity index (χ0) is 12.2.